The van der Waals surface area contributed by atoms with Gasteiger partial charge in [0.15, 0.2) is 0 Å². The highest BCUT2D eigenvalue weighted by molar-refractivity contribution is 5.78. The number of nitrogens with zero attached hydrogens (tertiary/aromatic N) is 1. The maximum atomic E-state index is 11.6. The Kier molecular flexibility index (Phi) is 5.04. The second-order valence-corrected chi connectivity index (χ2v) is 6.71. The molecule has 1 saturated heterocycles. The molecule has 1 aliphatic heterocycles. The largest absolute Gasteiger partial charge is 0.480 e. The van der Waals surface area contributed by atoms with Crippen molar-refractivity contribution >= 4 is 5.97 Å². The van der Waals surface area contributed by atoms with Gasteiger partial charge in [-0.3, -0.25) is 10.1 Å². The Morgan fingerprint density at radius 3 is 2.75 bits per heavy atom. The van der Waals surface area contributed by atoms with Gasteiger partial charge in [-0.05, 0) is 52.0 Å². The molecule has 2 N–H and O–H groups in total. The van der Waals surface area contributed by atoms with Crippen LogP contribution in [-0.4, -0.2) is 60.4 Å². The normalized spacial score (nSPS) is 28.2. The van der Waals surface area contributed by atoms with Crippen molar-refractivity contribution in [1.82, 2.24) is 10.2 Å². The Balaban J connectivity index is 1.88. The molecule has 20 heavy (non-hydrogen) atoms. The number of rotatable bonds is 8. The number of aliphatic carboxylic acids is 1. The van der Waals surface area contributed by atoms with E-state index in [0.29, 0.717) is 18.4 Å². The lowest BCUT2D eigenvalue weighted by molar-refractivity contribution is -0.145. The van der Waals surface area contributed by atoms with Crippen LogP contribution in [0.3, 0.4) is 0 Å². The molecule has 5 heteroatoms. The van der Waals surface area contributed by atoms with E-state index >= 15 is 0 Å². The van der Waals surface area contributed by atoms with E-state index < -0.39 is 11.5 Å². The van der Waals surface area contributed by atoms with Crippen LogP contribution in [0.1, 0.15) is 39.5 Å². The van der Waals surface area contributed by atoms with Gasteiger partial charge in [-0.15, -0.1) is 0 Å². The van der Waals surface area contributed by atoms with E-state index in [4.69, 9.17) is 4.74 Å². The summed E-state index contributed by atoms with van der Waals surface area (Å²) in [5.74, 6) is -0.140. The van der Waals surface area contributed by atoms with E-state index in [1.807, 2.05) is 6.92 Å². The van der Waals surface area contributed by atoms with E-state index in [2.05, 4.69) is 17.1 Å². The number of likely N-dealkylation sites (tertiary alicyclic amines) is 1. The molecule has 0 bridgehead atoms. The first-order chi connectivity index (χ1) is 9.44. The van der Waals surface area contributed by atoms with Crippen molar-refractivity contribution in [2.24, 2.45) is 5.92 Å². The molecule has 5 nitrogen and oxygen atoms in total. The molecule has 3 atom stereocenters. The van der Waals surface area contributed by atoms with Crippen LogP contribution >= 0.6 is 0 Å². The quantitative estimate of drug-likeness (QED) is 0.704. The van der Waals surface area contributed by atoms with Gasteiger partial charge in [-0.25, -0.2) is 0 Å². The lowest BCUT2D eigenvalue weighted by atomic mass is 9.92. The number of methoxy groups -OCH3 is 1. The highest BCUT2D eigenvalue weighted by Gasteiger charge is 2.41. The van der Waals surface area contributed by atoms with Gasteiger partial charge in [-0.1, -0.05) is 0 Å². The zero-order chi connectivity index (χ0) is 14.8. The molecular formula is C15H28N2O3. The molecular weight excluding hydrogens is 256 g/mol. The zero-order valence-electron chi connectivity index (χ0n) is 12.9. The minimum atomic E-state index is -0.806. The zero-order valence-corrected chi connectivity index (χ0v) is 12.9. The van der Waals surface area contributed by atoms with Crippen molar-refractivity contribution in [3.8, 4) is 0 Å². The molecule has 2 rings (SSSR count). The Bertz CT molecular complexity index is 346. The minimum Gasteiger partial charge on any atom is -0.480 e. The standard InChI is InChI=1S/C15H28N2O3/c1-11(17-7-6-12(9-17)10-20-3)8-15(2,14(18)19)16-13-4-5-13/h11-13,16H,4-10H2,1-3H3,(H,18,19). The molecule has 116 valence electrons. The van der Waals surface area contributed by atoms with Gasteiger partial charge < -0.3 is 14.7 Å². The minimum absolute atomic E-state index is 0.282. The third-order valence-corrected chi connectivity index (χ3v) is 4.62. The second kappa shape index (κ2) is 6.41. The Morgan fingerprint density at radius 2 is 2.20 bits per heavy atom. The van der Waals surface area contributed by atoms with Crippen LogP contribution in [0.25, 0.3) is 0 Å². The van der Waals surface area contributed by atoms with E-state index in [-0.39, 0.29) is 6.04 Å². The van der Waals surface area contributed by atoms with Gasteiger partial charge in [0, 0.05) is 25.7 Å². The van der Waals surface area contributed by atoms with Gasteiger partial charge in [0.2, 0.25) is 0 Å². The predicted octanol–water partition coefficient (Wildman–Crippen LogP) is 1.33. The number of hydrogen-bond donors (Lipinski definition) is 2. The van der Waals surface area contributed by atoms with Crippen LogP contribution in [0.4, 0.5) is 0 Å². The topological polar surface area (TPSA) is 61.8 Å². The summed E-state index contributed by atoms with van der Waals surface area (Å²) in [7, 11) is 1.74. The van der Waals surface area contributed by atoms with Gasteiger partial charge >= 0.3 is 5.97 Å². The summed E-state index contributed by atoms with van der Waals surface area (Å²) in [6.45, 7) is 6.85. The van der Waals surface area contributed by atoms with Crippen molar-refractivity contribution in [3.05, 3.63) is 0 Å². The lowest BCUT2D eigenvalue weighted by Gasteiger charge is -2.33. The van der Waals surface area contributed by atoms with E-state index in [1.165, 1.54) is 0 Å². The molecule has 1 saturated carbocycles. The van der Waals surface area contributed by atoms with Crippen molar-refractivity contribution in [2.45, 2.75) is 57.2 Å². The molecule has 1 heterocycles. The Hall–Kier alpha value is -0.650. The Morgan fingerprint density at radius 1 is 1.50 bits per heavy atom. The number of carboxylic acids is 1. The summed E-state index contributed by atoms with van der Waals surface area (Å²) in [6.07, 6.45) is 4.02. The lowest BCUT2D eigenvalue weighted by Crippen LogP contribution is -2.54. The third kappa shape index (κ3) is 3.93. The summed E-state index contributed by atoms with van der Waals surface area (Å²) in [5.41, 5.74) is -0.806. The number of carboxylic acid groups (broad SMARTS) is 1. The SMILES string of the molecule is COCC1CCN(C(C)CC(C)(NC2CC2)C(=O)O)C1. The Labute approximate surface area is 121 Å². The van der Waals surface area contributed by atoms with Gasteiger partial charge in [-0.2, -0.15) is 0 Å². The van der Waals surface area contributed by atoms with Crippen LogP contribution in [-0.2, 0) is 9.53 Å². The number of nitrogens with one attached hydrogen (secondary N) is 1. The highest BCUT2D eigenvalue weighted by Crippen LogP contribution is 2.28. The molecule has 0 amide bonds. The van der Waals surface area contributed by atoms with Gasteiger partial charge in [0.1, 0.15) is 5.54 Å². The molecule has 2 fully saturated rings. The molecule has 3 unspecified atom stereocenters. The van der Waals surface area contributed by atoms with E-state index in [1.54, 1.807) is 7.11 Å². The summed E-state index contributed by atoms with van der Waals surface area (Å²) in [5, 5.41) is 12.8. The van der Waals surface area contributed by atoms with Crippen LogP contribution in [0.5, 0.6) is 0 Å². The van der Waals surface area contributed by atoms with Crippen molar-refractivity contribution in [2.75, 3.05) is 26.8 Å². The molecule has 2 aliphatic rings. The molecule has 0 aromatic heterocycles. The van der Waals surface area contributed by atoms with Crippen molar-refractivity contribution in [3.63, 3.8) is 0 Å². The molecule has 0 spiro atoms. The maximum absolute atomic E-state index is 11.6. The summed E-state index contributed by atoms with van der Waals surface area (Å²) in [4.78, 5) is 14.0. The molecule has 0 aromatic rings. The monoisotopic (exact) mass is 284 g/mol. The summed E-state index contributed by atoms with van der Waals surface area (Å²) < 4.78 is 5.22. The fraction of sp³-hybridized carbons (Fsp3) is 0.933. The van der Waals surface area contributed by atoms with Crippen LogP contribution in [0.2, 0.25) is 0 Å². The predicted molar refractivity (Wildman–Crippen MR) is 77.8 cm³/mol. The van der Waals surface area contributed by atoms with Gasteiger partial charge in [0.05, 0.1) is 6.61 Å². The summed E-state index contributed by atoms with van der Waals surface area (Å²) >= 11 is 0. The van der Waals surface area contributed by atoms with E-state index in [9.17, 15) is 9.90 Å². The fourth-order valence-electron chi connectivity index (χ4n) is 3.24. The first-order valence-electron chi connectivity index (χ1n) is 7.68. The van der Waals surface area contributed by atoms with Crippen molar-refractivity contribution < 1.29 is 14.6 Å². The van der Waals surface area contributed by atoms with Crippen molar-refractivity contribution in [1.29, 1.82) is 0 Å². The molecule has 0 radical (unpaired) electrons. The average Bonchev–Trinajstić information content (AvgIpc) is 3.05. The third-order valence-electron chi connectivity index (χ3n) is 4.62. The second-order valence-electron chi connectivity index (χ2n) is 6.71. The van der Waals surface area contributed by atoms with Gasteiger partial charge in [0.25, 0.3) is 0 Å². The average molecular weight is 284 g/mol. The highest BCUT2D eigenvalue weighted by atomic mass is 16.5. The van der Waals surface area contributed by atoms with Crippen LogP contribution in [0, 0.1) is 5.92 Å². The fourth-order valence-corrected chi connectivity index (χ4v) is 3.24. The maximum Gasteiger partial charge on any atom is 0.323 e. The van der Waals surface area contributed by atoms with Crippen LogP contribution < -0.4 is 5.32 Å². The first kappa shape index (κ1) is 15.7. The summed E-state index contributed by atoms with van der Waals surface area (Å²) in [6, 6.07) is 0.687. The number of hydrogen-bond acceptors (Lipinski definition) is 4. The van der Waals surface area contributed by atoms with E-state index in [0.717, 1.165) is 39.0 Å². The van der Waals surface area contributed by atoms with Crippen LogP contribution in [0.15, 0.2) is 0 Å². The first-order valence-corrected chi connectivity index (χ1v) is 7.68. The molecule has 1 aliphatic carbocycles. The number of ether oxygens (including phenoxy) is 1. The molecule has 0 aromatic carbocycles. The smallest absolute Gasteiger partial charge is 0.323 e. The number of carbonyl (C=O) groups is 1.